The van der Waals surface area contributed by atoms with Crippen LogP contribution >= 0.6 is 11.8 Å². The Hall–Kier alpha value is -2.38. The van der Waals surface area contributed by atoms with Crippen LogP contribution in [-0.2, 0) is 6.54 Å². The van der Waals surface area contributed by atoms with Gasteiger partial charge in [-0.3, -0.25) is 4.79 Å². The van der Waals surface area contributed by atoms with Crippen molar-refractivity contribution < 1.29 is 9.90 Å². The summed E-state index contributed by atoms with van der Waals surface area (Å²) in [6, 6.07) is 9.33. The SMILES string of the molecule is C#CCn1c(C)c(C(=O)SC(C)(C)C)c2cc(O)c3ccccc3c21. The minimum Gasteiger partial charge on any atom is -0.507 e. The van der Waals surface area contributed by atoms with E-state index in [0.717, 1.165) is 27.4 Å². The summed E-state index contributed by atoms with van der Waals surface area (Å²) in [5, 5.41) is 12.9. The molecule has 0 bridgehead atoms. The third kappa shape index (κ3) is 3.01. The highest BCUT2D eigenvalue weighted by molar-refractivity contribution is 8.15. The van der Waals surface area contributed by atoms with E-state index in [2.05, 4.69) is 5.92 Å². The molecular formula is C21H21NO2S. The van der Waals surface area contributed by atoms with Crippen LogP contribution in [0.5, 0.6) is 5.75 Å². The molecule has 0 aliphatic carbocycles. The third-order valence-electron chi connectivity index (χ3n) is 4.15. The number of rotatable bonds is 2. The summed E-state index contributed by atoms with van der Waals surface area (Å²) in [5.74, 6) is 2.86. The van der Waals surface area contributed by atoms with Crippen molar-refractivity contribution in [1.82, 2.24) is 4.57 Å². The number of hydrogen-bond donors (Lipinski definition) is 1. The molecule has 0 spiro atoms. The maximum Gasteiger partial charge on any atom is 0.222 e. The summed E-state index contributed by atoms with van der Waals surface area (Å²) in [6.45, 7) is 8.33. The molecule has 0 aliphatic rings. The highest BCUT2D eigenvalue weighted by Crippen LogP contribution is 2.39. The zero-order chi connectivity index (χ0) is 18.4. The summed E-state index contributed by atoms with van der Waals surface area (Å²) in [4.78, 5) is 13.0. The first-order chi connectivity index (χ1) is 11.7. The average molecular weight is 351 g/mol. The summed E-state index contributed by atoms with van der Waals surface area (Å²) in [7, 11) is 0. The molecule has 0 unspecified atom stereocenters. The topological polar surface area (TPSA) is 42.2 Å². The Morgan fingerprint density at radius 3 is 2.48 bits per heavy atom. The van der Waals surface area contributed by atoms with E-state index in [1.165, 1.54) is 11.8 Å². The smallest absolute Gasteiger partial charge is 0.222 e. The number of thioether (sulfide) groups is 1. The van der Waals surface area contributed by atoms with Crippen LogP contribution < -0.4 is 0 Å². The van der Waals surface area contributed by atoms with E-state index < -0.39 is 0 Å². The quantitative estimate of drug-likeness (QED) is 0.652. The molecule has 0 aliphatic heterocycles. The second kappa shape index (κ2) is 6.16. The number of hydrogen-bond acceptors (Lipinski definition) is 3. The lowest BCUT2D eigenvalue weighted by Crippen LogP contribution is -2.12. The lowest BCUT2D eigenvalue weighted by molar-refractivity contribution is 0.108. The number of nitrogens with zero attached hydrogens (tertiary/aromatic N) is 1. The summed E-state index contributed by atoms with van der Waals surface area (Å²) >= 11 is 1.30. The highest BCUT2D eigenvalue weighted by Gasteiger charge is 2.26. The lowest BCUT2D eigenvalue weighted by atomic mass is 10.0. The lowest BCUT2D eigenvalue weighted by Gasteiger charge is -2.16. The number of fused-ring (bicyclic) bond motifs is 3. The van der Waals surface area contributed by atoms with Gasteiger partial charge in [0.25, 0.3) is 0 Å². The van der Waals surface area contributed by atoms with Crippen molar-refractivity contribution in [3.05, 3.63) is 41.6 Å². The van der Waals surface area contributed by atoms with Crippen molar-refractivity contribution in [2.45, 2.75) is 39.0 Å². The van der Waals surface area contributed by atoms with Crippen molar-refractivity contribution in [3.63, 3.8) is 0 Å². The van der Waals surface area contributed by atoms with E-state index in [4.69, 9.17) is 6.42 Å². The van der Waals surface area contributed by atoms with Crippen LogP contribution in [0.15, 0.2) is 30.3 Å². The molecule has 0 amide bonds. The van der Waals surface area contributed by atoms with Crippen LogP contribution in [0.2, 0.25) is 0 Å². The molecular weight excluding hydrogens is 330 g/mol. The predicted octanol–water partition coefficient (Wildman–Crippen LogP) is 5.11. The number of phenolic OH excluding ortho intramolecular Hbond substituents is 1. The van der Waals surface area contributed by atoms with Crippen molar-refractivity contribution in [3.8, 4) is 18.1 Å². The van der Waals surface area contributed by atoms with E-state index in [0.29, 0.717) is 12.1 Å². The molecule has 4 heteroatoms. The molecule has 3 aromatic rings. The highest BCUT2D eigenvalue weighted by atomic mass is 32.2. The summed E-state index contributed by atoms with van der Waals surface area (Å²) in [5.41, 5.74) is 2.37. The first kappa shape index (κ1) is 17.4. The largest absolute Gasteiger partial charge is 0.507 e. The van der Waals surface area contributed by atoms with Crippen LogP contribution in [0.4, 0.5) is 0 Å². The van der Waals surface area contributed by atoms with Gasteiger partial charge in [0.15, 0.2) is 0 Å². The average Bonchev–Trinajstić information content (AvgIpc) is 2.79. The molecule has 0 atom stereocenters. The first-order valence-electron chi connectivity index (χ1n) is 8.15. The van der Waals surface area contributed by atoms with E-state index >= 15 is 0 Å². The van der Waals surface area contributed by atoms with Gasteiger partial charge in [-0.15, -0.1) is 6.42 Å². The van der Waals surface area contributed by atoms with E-state index in [1.54, 1.807) is 6.07 Å². The fourth-order valence-corrected chi connectivity index (χ4v) is 4.11. The molecule has 128 valence electrons. The zero-order valence-electron chi connectivity index (χ0n) is 14.9. The second-order valence-corrected chi connectivity index (χ2v) is 8.89. The Morgan fingerprint density at radius 2 is 1.88 bits per heavy atom. The zero-order valence-corrected chi connectivity index (χ0v) is 15.7. The fourth-order valence-electron chi connectivity index (χ4n) is 3.20. The van der Waals surface area contributed by atoms with Crippen molar-refractivity contribution in [1.29, 1.82) is 0 Å². The molecule has 1 heterocycles. The minimum atomic E-state index is -0.192. The van der Waals surface area contributed by atoms with Gasteiger partial charge in [-0.05, 0) is 13.0 Å². The van der Waals surface area contributed by atoms with Gasteiger partial charge in [-0.2, -0.15) is 0 Å². The molecule has 1 N–H and O–H groups in total. The van der Waals surface area contributed by atoms with Crippen LogP contribution in [0.25, 0.3) is 21.7 Å². The van der Waals surface area contributed by atoms with Gasteiger partial charge >= 0.3 is 0 Å². The van der Waals surface area contributed by atoms with E-state index in [1.807, 2.05) is 56.5 Å². The Balaban J connectivity index is 2.41. The predicted molar refractivity (Wildman–Crippen MR) is 106 cm³/mol. The van der Waals surface area contributed by atoms with Crippen LogP contribution in [0.3, 0.4) is 0 Å². The number of aromatic nitrogens is 1. The Morgan fingerprint density at radius 1 is 1.24 bits per heavy atom. The van der Waals surface area contributed by atoms with Gasteiger partial charge in [-0.1, -0.05) is 62.7 Å². The van der Waals surface area contributed by atoms with Gasteiger partial charge in [0.2, 0.25) is 5.12 Å². The first-order valence-corrected chi connectivity index (χ1v) is 8.96. The van der Waals surface area contributed by atoms with E-state index in [9.17, 15) is 9.90 Å². The summed E-state index contributed by atoms with van der Waals surface area (Å²) < 4.78 is 1.80. The molecule has 0 radical (unpaired) electrons. The van der Waals surface area contributed by atoms with Gasteiger partial charge < -0.3 is 9.67 Å². The van der Waals surface area contributed by atoms with Gasteiger partial charge in [0, 0.05) is 26.6 Å². The van der Waals surface area contributed by atoms with E-state index in [-0.39, 0.29) is 15.6 Å². The Kier molecular flexibility index (Phi) is 4.30. The van der Waals surface area contributed by atoms with Crippen molar-refractivity contribution in [2.24, 2.45) is 0 Å². The van der Waals surface area contributed by atoms with Gasteiger partial charge in [-0.25, -0.2) is 0 Å². The molecule has 0 saturated heterocycles. The van der Waals surface area contributed by atoms with Crippen molar-refractivity contribution >= 4 is 38.6 Å². The minimum absolute atomic E-state index is 0.000419. The van der Waals surface area contributed by atoms with Crippen LogP contribution in [0.1, 0.15) is 36.8 Å². The summed E-state index contributed by atoms with van der Waals surface area (Å²) in [6.07, 6.45) is 5.57. The van der Waals surface area contributed by atoms with Gasteiger partial charge in [0.1, 0.15) is 5.75 Å². The maximum atomic E-state index is 13.0. The maximum absolute atomic E-state index is 13.0. The standard InChI is InChI=1S/C21H21NO2S/c1-6-11-22-13(2)18(20(24)25-21(3,4)5)16-12-17(23)14-9-7-8-10-15(14)19(16)22/h1,7-10,12,23H,11H2,2-5H3. The number of benzene rings is 2. The number of aromatic hydroxyl groups is 1. The monoisotopic (exact) mass is 351 g/mol. The molecule has 0 saturated carbocycles. The van der Waals surface area contributed by atoms with Crippen LogP contribution in [-0.4, -0.2) is 19.5 Å². The number of carbonyl (C=O) groups is 1. The number of carbonyl (C=O) groups excluding carboxylic acids is 1. The van der Waals surface area contributed by atoms with Crippen molar-refractivity contribution in [2.75, 3.05) is 0 Å². The molecule has 2 aromatic carbocycles. The normalized spacial score (nSPS) is 11.8. The molecule has 3 nitrogen and oxygen atoms in total. The Labute approximate surface area is 152 Å². The number of terminal acetylenes is 1. The Bertz CT molecular complexity index is 1030. The fraction of sp³-hybridized carbons (Fsp3) is 0.286. The molecule has 0 fully saturated rings. The molecule has 25 heavy (non-hydrogen) atoms. The molecule has 3 rings (SSSR count). The second-order valence-electron chi connectivity index (χ2n) is 7.09. The number of phenols is 1. The van der Waals surface area contributed by atoms with Crippen LogP contribution in [0, 0.1) is 19.3 Å². The third-order valence-corrected chi connectivity index (χ3v) is 5.15. The van der Waals surface area contributed by atoms with Gasteiger partial charge in [0.05, 0.1) is 17.6 Å². The molecule has 1 aromatic heterocycles.